The Labute approximate surface area is 111 Å². The summed E-state index contributed by atoms with van der Waals surface area (Å²) < 4.78 is 10.7. The molecule has 1 aliphatic heterocycles. The molecule has 0 radical (unpaired) electrons. The third kappa shape index (κ3) is 2.97. The fourth-order valence-corrected chi connectivity index (χ4v) is 1.98. The average Bonchev–Trinajstić information content (AvgIpc) is 2.38. The fraction of sp³-hybridized carbons (Fsp3) is 0.462. The molecular weight excluding hydrogens is 248 g/mol. The second kappa shape index (κ2) is 5.90. The summed E-state index contributed by atoms with van der Waals surface area (Å²) in [7, 11) is 0. The van der Waals surface area contributed by atoms with E-state index in [1.165, 1.54) is 0 Å². The first kappa shape index (κ1) is 13.6. The minimum Gasteiger partial charge on any atom is -0.479 e. The second-order valence-electron chi connectivity index (χ2n) is 4.31. The number of aliphatic hydroxyl groups excluding tert-OH is 1. The second-order valence-corrected chi connectivity index (χ2v) is 4.31. The van der Waals surface area contributed by atoms with Crippen LogP contribution in [0.4, 0.5) is 11.4 Å². The van der Waals surface area contributed by atoms with Crippen LogP contribution in [0.2, 0.25) is 0 Å². The van der Waals surface area contributed by atoms with Crippen LogP contribution in [-0.4, -0.2) is 43.5 Å². The number of carbonyl (C=O) groups is 1. The standard InChI is InChI=1S/C13H18N2O4/c1-9-13(17)15(4-6-18-7-5-16)11-3-2-10(14)8-12(11)19-9/h2-3,8-9,16H,4-7,14H2,1H3. The molecule has 0 aliphatic carbocycles. The first-order valence-electron chi connectivity index (χ1n) is 6.19. The van der Waals surface area contributed by atoms with Crippen LogP contribution in [0.25, 0.3) is 0 Å². The number of amides is 1. The van der Waals surface area contributed by atoms with Crippen molar-refractivity contribution in [3.05, 3.63) is 18.2 Å². The lowest BCUT2D eigenvalue weighted by Crippen LogP contribution is -2.45. The van der Waals surface area contributed by atoms with Crippen LogP contribution in [0, 0.1) is 0 Å². The summed E-state index contributed by atoms with van der Waals surface area (Å²) >= 11 is 0. The molecule has 1 unspecified atom stereocenters. The Hall–Kier alpha value is -1.79. The number of benzene rings is 1. The maximum atomic E-state index is 12.1. The highest BCUT2D eigenvalue weighted by molar-refractivity contribution is 6.00. The minimum atomic E-state index is -0.535. The van der Waals surface area contributed by atoms with Crippen molar-refractivity contribution in [1.29, 1.82) is 0 Å². The van der Waals surface area contributed by atoms with Crippen LogP contribution in [-0.2, 0) is 9.53 Å². The zero-order valence-corrected chi connectivity index (χ0v) is 10.8. The molecule has 0 bridgehead atoms. The molecule has 1 aromatic rings. The van der Waals surface area contributed by atoms with Gasteiger partial charge in [-0.15, -0.1) is 0 Å². The molecule has 19 heavy (non-hydrogen) atoms. The molecule has 1 aliphatic rings. The number of fused-ring (bicyclic) bond motifs is 1. The number of ether oxygens (including phenoxy) is 2. The number of nitrogens with two attached hydrogens (primary N) is 1. The maximum Gasteiger partial charge on any atom is 0.267 e. The Morgan fingerprint density at radius 3 is 3.00 bits per heavy atom. The summed E-state index contributed by atoms with van der Waals surface area (Å²) in [5.74, 6) is 0.499. The lowest BCUT2D eigenvalue weighted by atomic mass is 10.1. The summed E-state index contributed by atoms with van der Waals surface area (Å²) in [5.41, 5.74) is 7.00. The molecule has 0 spiro atoms. The molecule has 0 aromatic heterocycles. The number of aliphatic hydroxyl groups is 1. The molecule has 3 N–H and O–H groups in total. The van der Waals surface area contributed by atoms with Crippen LogP contribution < -0.4 is 15.4 Å². The van der Waals surface area contributed by atoms with E-state index in [2.05, 4.69) is 0 Å². The lowest BCUT2D eigenvalue weighted by Gasteiger charge is -2.33. The van der Waals surface area contributed by atoms with Gasteiger partial charge in [0.2, 0.25) is 0 Å². The molecule has 6 heteroatoms. The van der Waals surface area contributed by atoms with Gasteiger partial charge in [-0.3, -0.25) is 4.79 Å². The molecule has 1 aromatic carbocycles. The van der Waals surface area contributed by atoms with Crippen molar-refractivity contribution in [1.82, 2.24) is 0 Å². The minimum absolute atomic E-state index is 0.0272. The van der Waals surface area contributed by atoms with Crippen molar-refractivity contribution in [3.63, 3.8) is 0 Å². The van der Waals surface area contributed by atoms with Gasteiger partial charge >= 0.3 is 0 Å². The molecular formula is C13H18N2O4. The third-order valence-corrected chi connectivity index (χ3v) is 2.89. The van der Waals surface area contributed by atoms with Crippen molar-refractivity contribution >= 4 is 17.3 Å². The third-order valence-electron chi connectivity index (χ3n) is 2.89. The van der Waals surface area contributed by atoms with E-state index in [0.29, 0.717) is 30.3 Å². The SMILES string of the molecule is CC1Oc2cc(N)ccc2N(CCOCCO)C1=O. The topological polar surface area (TPSA) is 85.0 Å². The number of hydrogen-bond donors (Lipinski definition) is 2. The molecule has 1 amide bonds. The fourth-order valence-electron chi connectivity index (χ4n) is 1.98. The highest BCUT2D eigenvalue weighted by Crippen LogP contribution is 2.35. The summed E-state index contributed by atoms with van der Waals surface area (Å²) in [6, 6.07) is 5.20. The van der Waals surface area contributed by atoms with Gasteiger partial charge in [-0.25, -0.2) is 0 Å². The first-order chi connectivity index (χ1) is 9.13. The van der Waals surface area contributed by atoms with E-state index in [9.17, 15) is 4.79 Å². The number of anilines is 2. The molecule has 2 rings (SSSR count). The maximum absolute atomic E-state index is 12.1. The molecule has 0 saturated heterocycles. The Kier molecular flexibility index (Phi) is 4.24. The number of nitrogens with zero attached hydrogens (tertiary/aromatic N) is 1. The Morgan fingerprint density at radius 1 is 1.47 bits per heavy atom. The van der Waals surface area contributed by atoms with Gasteiger partial charge < -0.3 is 25.2 Å². The summed E-state index contributed by atoms with van der Waals surface area (Å²) in [6.45, 7) is 2.73. The smallest absolute Gasteiger partial charge is 0.267 e. The Bertz CT molecular complexity index is 464. The van der Waals surface area contributed by atoms with E-state index in [0.717, 1.165) is 0 Å². The van der Waals surface area contributed by atoms with Crippen molar-refractivity contribution < 1.29 is 19.4 Å². The van der Waals surface area contributed by atoms with Gasteiger partial charge in [0.05, 0.1) is 25.5 Å². The van der Waals surface area contributed by atoms with Crippen molar-refractivity contribution in [3.8, 4) is 5.75 Å². The van der Waals surface area contributed by atoms with Crippen LogP contribution >= 0.6 is 0 Å². The normalized spacial score (nSPS) is 18.1. The molecule has 0 fully saturated rings. The van der Waals surface area contributed by atoms with E-state index in [1.54, 1.807) is 30.0 Å². The lowest BCUT2D eigenvalue weighted by molar-refractivity contribution is -0.125. The molecule has 1 heterocycles. The Morgan fingerprint density at radius 2 is 2.26 bits per heavy atom. The van der Waals surface area contributed by atoms with Gasteiger partial charge in [0.15, 0.2) is 6.10 Å². The molecule has 1 atom stereocenters. The number of hydrogen-bond acceptors (Lipinski definition) is 5. The zero-order chi connectivity index (χ0) is 13.8. The van der Waals surface area contributed by atoms with Gasteiger partial charge in [0, 0.05) is 18.3 Å². The van der Waals surface area contributed by atoms with E-state index >= 15 is 0 Å². The van der Waals surface area contributed by atoms with Crippen LogP contribution in [0.3, 0.4) is 0 Å². The van der Waals surface area contributed by atoms with Gasteiger partial charge in [-0.1, -0.05) is 0 Å². The number of rotatable bonds is 5. The largest absolute Gasteiger partial charge is 0.479 e. The van der Waals surface area contributed by atoms with E-state index < -0.39 is 6.10 Å². The van der Waals surface area contributed by atoms with Crippen LogP contribution in [0.5, 0.6) is 5.75 Å². The van der Waals surface area contributed by atoms with Gasteiger partial charge in [0.25, 0.3) is 5.91 Å². The van der Waals surface area contributed by atoms with E-state index in [-0.39, 0.29) is 19.1 Å². The molecule has 0 saturated carbocycles. The van der Waals surface area contributed by atoms with Crippen molar-refractivity contribution in [2.75, 3.05) is 37.0 Å². The highest BCUT2D eigenvalue weighted by atomic mass is 16.5. The average molecular weight is 266 g/mol. The van der Waals surface area contributed by atoms with Crippen molar-refractivity contribution in [2.45, 2.75) is 13.0 Å². The highest BCUT2D eigenvalue weighted by Gasteiger charge is 2.31. The van der Waals surface area contributed by atoms with Gasteiger partial charge in [-0.05, 0) is 19.1 Å². The van der Waals surface area contributed by atoms with E-state index in [1.807, 2.05) is 0 Å². The Balaban J connectivity index is 2.14. The number of carbonyl (C=O) groups excluding carboxylic acids is 1. The van der Waals surface area contributed by atoms with Crippen LogP contribution in [0.15, 0.2) is 18.2 Å². The molecule has 6 nitrogen and oxygen atoms in total. The monoisotopic (exact) mass is 266 g/mol. The van der Waals surface area contributed by atoms with Crippen LogP contribution in [0.1, 0.15) is 6.92 Å². The molecule has 104 valence electrons. The van der Waals surface area contributed by atoms with Gasteiger partial charge in [0.1, 0.15) is 5.75 Å². The predicted octanol–water partition coefficient (Wildman–Crippen LogP) is 0.392. The summed E-state index contributed by atoms with van der Waals surface area (Å²) in [5, 5.41) is 8.65. The zero-order valence-electron chi connectivity index (χ0n) is 10.8. The first-order valence-corrected chi connectivity index (χ1v) is 6.19. The predicted molar refractivity (Wildman–Crippen MR) is 71.2 cm³/mol. The van der Waals surface area contributed by atoms with Gasteiger partial charge in [-0.2, -0.15) is 0 Å². The summed E-state index contributed by atoms with van der Waals surface area (Å²) in [6.07, 6.45) is -0.535. The number of nitrogen functional groups attached to an aromatic ring is 1. The van der Waals surface area contributed by atoms with Crippen molar-refractivity contribution in [2.24, 2.45) is 0 Å². The van der Waals surface area contributed by atoms with E-state index in [4.69, 9.17) is 20.3 Å². The summed E-state index contributed by atoms with van der Waals surface area (Å²) in [4.78, 5) is 13.7. The quantitative estimate of drug-likeness (QED) is 0.595.